The van der Waals surface area contributed by atoms with Gasteiger partial charge in [0.05, 0.1) is 16.4 Å². The number of rotatable bonds is 4. The maximum Gasteiger partial charge on any atom is 0.261 e. The first-order chi connectivity index (χ1) is 9.79. The van der Waals surface area contributed by atoms with E-state index in [9.17, 15) is 4.79 Å². The molecular weight excluding hydrogens is 270 g/mol. The summed E-state index contributed by atoms with van der Waals surface area (Å²) in [5.74, 6) is 6.48. The summed E-state index contributed by atoms with van der Waals surface area (Å²) in [5, 5.41) is 11.7. The van der Waals surface area contributed by atoms with Crippen LogP contribution in [-0.2, 0) is 0 Å². The van der Waals surface area contributed by atoms with Crippen molar-refractivity contribution in [3.8, 4) is 11.8 Å². The fourth-order valence-electron chi connectivity index (χ4n) is 2.45. The van der Waals surface area contributed by atoms with E-state index in [0.717, 1.165) is 11.4 Å². The van der Waals surface area contributed by atoms with E-state index in [4.69, 9.17) is 5.11 Å². The van der Waals surface area contributed by atoms with Crippen LogP contribution in [0.4, 0.5) is 0 Å². The number of aliphatic hydroxyl groups is 1. The second-order valence-electron chi connectivity index (χ2n) is 5.15. The molecule has 3 nitrogen and oxygen atoms in total. The molecule has 2 rings (SSSR count). The zero-order valence-corrected chi connectivity index (χ0v) is 12.5. The molecule has 1 amide bonds. The summed E-state index contributed by atoms with van der Waals surface area (Å²) in [6, 6.07) is 3.69. The second-order valence-corrected chi connectivity index (χ2v) is 6.24. The van der Waals surface area contributed by atoms with Crippen LogP contribution in [0.5, 0.6) is 0 Å². The first-order valence-electron chi connectivity index (χ1n) is 7.27. The fourth-order valence-corrected chi connectivity index (χ4v) is 3.25. The second kappa shape index (κ2) is 8.08. The highest BCUT2D eigenvalue weighted by Gasteiger charge is 2.15. The Morgan fingerprint density at radius 3 is 2.90 bits per heavy atom. The average Bonchev–Trinajstić information content (AvgIpc) is 2.95. The number of carbonyl (C=O) groups excluding carboxylic acids is 1. The van der Waals surface area contributed by atoms with Crippen molar-refractivity contribution in [1.29, 1.82) is 0 Å². The van der Waals surface area contributed by atoms with Crippen molar-refractivity contribution >= 4 is 17.2 Å². The van der Waals surface area contributed by atoms with E-state index >= 15 is 0 Å². The van der Waals surface area contributed by atoms with Gasteiger partial charge in [-0.3, -0.25) is 4.79 Å². The molecule has 0 aromatic carbocycles. The molecule has 1 heterocycles. The summed E-state index contributed by atoms with van der Waals surface area (Å²) in [6.07, 6.45) is 6.88. The lowest BCUT2D eigenvalue weighted by molar-refractivity contribution is 0.0947. The molecule has 1 aromatic heterocycles. The van der Waals surface area contributed by atoms with Crippen LogP contribution in [0, 0.1) is 17.8 Å². The molecule has 0 atom stereocenters. The number of hydrogen-bond acceptors (Lipinski definition) is 3. The zero-order chi connectivity index (χ0) is 14.2. The van der Waals surface area contributed by atoms with Crippen molar-refractivity contribution in [3.63, 3.8) is 0 Å². The molecule has 0 saturated heterocycles. The van der Waals surface area contributed by atoms with Crippen LogP contribution in [0.15, 0.2) is 12.1 Å². The van der Waals surface area contributed by atoms with Crippen LogP contribution in [0.3, 0.4) is 0 Å². The van der Waals surface area contributed by atoms with E-state index in [0.29, 0.717) is 17.2 Å². The molecule has 1 saturated carbocycles. The lowest BCUT2D eigenvalue weighted by Gasteiger charge is -2.21. The lowest BCUT2D eigenvalue weighted by atomic mass is 9.89. The molecule has 0 bridgehead atoms. The third-order valence-electron chi connectivity index (χ3n) is 3.55. The highest BCUT2D eigenvalue weighted by Crippen LogP contribution is 2.23. The molecule has 1 fully saturated rings. The van der Waals surface area contributed by atoms with E-state index in [-0.39, 0.29) is 12.5 Å². The Labute approximate surface area is 124 Å². The number of hydrogen-bond donors (Lipinski definition) is 2. The molecule has 108 valence electrons. The summed E-state index contributed by atoms with van der Waals surface area (Å²) in [4.78, 5) is 13.6. The molecule has 1 aliphatic carbocycles. The Morgan fingerprint density at radius 1 is 1.35 bits per heavy atom. The molecule has 2 N–H and O–H groups in total. The molecule has 0 aliphatic heterocycles. The summed E-state index contributed by atoms with van der Waals surface area (Å²) in [7, 11) is 0. The predicted molar refractivity (Wildman–Crippen MR) is 81.8 cm³/mol. The molecule has 20 heavy (non-hydrogen) atoms. The Hall–Kier alpha value is -1.31. The van der Waals surface area contributed by atoms with Gasteiger partial charge in [-0.25, -0.2) is 0 Å². The number of thiophene rings is 1. The van der Waals surface area contributed by atoms with Crippen molar-refractivity contribution in [2.24, 2.45) is 5.92 Å². The standard InChI is InChI=1S/C16H21NO2S/c18-11-5-4-8-14-9-10-15(20-14)16(19)17-12-13-6-2-1-3-7-13/h9-10,13,18H,1-3,5-7,11-12H2,(H,17,19). The largest absolute Gasteiger partial charge is 0.395 e. The topological polar surface area (TPSA) is 49.3 Å². The van der Waals surface area contributed by atoms with Crippen molar-refractivity contribution in [1.82, 2.24) is 5.32 Å². The van der Waals surface area contributed by atoms with E-state index in [1.165, 1.54) is 43.4 Å². The number of aliphatic hydroxyl groups excluding tert-OH is 1. The Morgan fingerprint density at radius 2 is 2.15 bits per heavy atom. The monoisotopic (exact) mass is 291 g/mol. The number of amides is 1. The first kappa shape index (κ1) is 15.1. The van der Waals surface area contributed by atoms with Gasteiger partial charge in [0.25, 0.3) is 5.91 Å². The van der Waals surface area contributed by atoms with Gasteiger partial charge in [0.15, 0.2) is 0 Å². The minimum absolute atomic E-state index is 0.00998. The van der Waals surface area contributed by atoms with Crippen LogP contribution < -0.4 is 5.32 Å². The van der Waals surface area contributed by atoms with Crippen LogP contribution in [0.2, 0.25) is 0 Å². The Balaban J connectivity index is 1.81. The maximum atomic E-state index is 12.0. The highest BCUT2D eigenvalue weighted by atomic mass is 32.1. The summed E-state index contributed by atoms with van der Waals surface area (Å²) >= 11 is 1.41. The van der Waals surface area contributed by atoms with Gasteiger partial charge in [0.2, 0.25) is 0 Å². The molecule has 0 spiro atoms. The molecule has 1 aliphatic rings. The average molecular weight is 291 g/mol. The van der Waals surface area contributed by atoms with Gasteiger partial charge >= 0.3 is 0 Å². The van der Waals surface area contributed by atoms with Gasteiger partial charge in [-0.2, -0.15) is 0 Å². The third kappa shape index (κ3) is 4.66. The van der Waals surface area contributed by atoms with Gasteiger partial charge in [0.1, 0.15) is 0 Å². The minimum Gasteiger partial charge on any atom is -0.395 e. The van der Waals surface area contributed by atoms with Crippen molar-refractivity contribution in [2.45, 2.75) is 38.5 Å². The minimum atomic E-state index is 0.00998. The Kier molecular flexibility index (Phi) is 6.10. The summed E-state index contributed by atoms with van der Waals surface area (Å²) < 4.78 is 0. The van der Waals surface area contributed by atoms with E-state index in [2.05, 4.69) is 17.2 Å². The van der Waals surface area contributed by atoms with Gasteiger partial charge in [-0.05, 0) is 30.9 Å². The normalized spacial score (nSPS) is 15.4. The van der Waals surface area contributed by atoms with E-state index in [1.54, 1.807) is 0 Å². The van der Waals surface area contributed by atoms with Crippen LogP contribution in [0.25, 0.3) is 0 Å². The molecule has 1 aromatic rings. The summed E-state index contributed by atoms with van der Waals surface area (Å²) in [6.45, 7) is 0.870. The molecular formula is C16H21NO2S. The predicted octanol–water partition coefficient (Wildman–Crippen LogP) is 2.79. The van der Waals surface area contributed by atoms with Crippen molar-refractivity contribution in [2.75, 3.05) is 13.2 Å². The van der Waals surface area contributed by atoms with Crippen LogP contribution >= 0.6 is 11.3 Å². The molecule has 0 unspecified atom stereocenters. The fraction of sp³-hybridized carbons (Fsp3) is 0.562. The van der Waals surface area contributed by atoms with E-state index in [1.807, 2.05) is 12.1 Å². The quantitative estimate of drug-likeness (QED) is 0.838. The van der Waals surface area contributed by atoms with Crippen LogP contribution in [-0.4, -0.2) is 24.2 Å². The first-order valence-corrected chi connectivity index (χ1v) is 8.09. The Bertz CT molecular complexity index is 492. The van der Waals surface area contributed by atoms with Crippen molar-refractivity contribution in [3.05, 3.63) is 21.9 Å². The van der Waals surface area contributed by atoms with Crippen LogP contribution in [0.1, 0.15) is 53.1 Å². The molecule has 0 radical (unpaired) electrons. The van der Waals surface area contributed by atoms with Crippen molar-refractivity contribution < 1.29 is 9.90 Å². The number of nitrogens with one attached hydrogen (secondary N) is 1. The zero-order valence-electron chi connectivity index (χ0n) is 11.7. The number of carbonyl (C=O) groups is 1. The molecule has 4 heteroatoms. The van der Waals surface area contributed by atoms with Gasteiger partial charge < -0.3 is 10.4 Å². The van der Waals surface area contributed by atoms with Gasteiger partial charge in [-0.1, -0.05) is 31.1 Å². The SMILES string of the molecule is O=C(NCC1CCCCC1)c1ccc(C#CCCO)s1. The van der Waals surface area contributed by atoms with E-state index < -0.39 is 0 Å². The smallest absolute Gasteiger partial charge is 0.261 e. The summed E-state index contributed by atoms with van der Waals surface area (Å²) in [5.41, 5.74) is 0. The van der Waals surface area contributed by atoms with Gasteiger partial charge in [-0.15, -0.1) is 11.3 Å². The maximum absolute atomic E-state index is 12.0. The lowest BCUT2D eigenvalue weighted by Crippen LogP contribution is -2.29. The highest BCUT2D eigenvalue weighted by molar-refractivity contribution is 7.14. The third-order valence-corrected chi connectivity index (χ3v) is 4.55. The van der Waals surface area contributed by atoms with Gasteiger partial charge in [0, 0.05) is 13.0 Å².